The number of para-hydroxylation sites is 1. The van der Waals surface area contributed by atoms with Crippen molar-refractivity contribution in [3.63, 3.8) is 0 Å². The third kappa shape index (κ3) is 3.33. The molecule has 0 aliphatic heterocycles. The molecular weight excluding hydrogens is 279 g/mol. The predicted molar refractivity (Wildman–Crippen MR) is 90.9 cm³/mol. The molecule has 2 rings (SSSR count). The Morgan fingerprint density at radius 2 is 1.71 bits per heavy atom. The van der Waals surface area contributed by atoms with Crippen molar-refractivity contribution in [2.75, 3.05) is 0 Å². The van der Waals surface area contributed by atoms with E-state index in [2.05, 4.69) is 16.2 Å². The summed E-state index contributed by atoms with van der Waals surface area (Å²) in [6.07, 6.45) is -0.507. The molecule has 2 atom stereocenters. The largest absolute Gasteiger partial charge is 0.482 e. The van der Waals surface area contributed by atoms with Crippen LogP contribution in [0.4, 0.5) is 0 Å². The van der Waals surface area contributed by atoms with Crippen LogP contribution in [0.5, 0.6) is 5.75 Å². The van der Waals surface area contributed by atoms with E-state index in [1.54, 1.807) is 6.92 Å². The van der Waals surface area contributed by atoms with Gasteiger partial charge in [0.25, 0.3) is 0 Å². The first-order valence-electron chi connectivity index (χ1n) is 7.04. The molecule has 0 fully saturated rings. The van der Waals surface area contributed by atoms with Gasteiger partial charge in [0.1, 0.15) is 5.75 Å². The number of rotatable bonds is 4. The van der Waals surface area contributed by atoms with Gasteiger partial charge in [-0.1, -0.05) is 30.3 Å². The Balaban J connectivity index is 2.24. The number of carbonyl (C=O) groups is 1. The molecular formula is C18H21O2P. The highest BCUT2D eigenvalue weighted by molar-refractivity contribution is 7.27. The zero-order valence-electron chi connectivity index (χ0n) is 12.9. The van der Waals surface area contributed by atoms with Gasteiger partial charge >= 0.3 is 0 Å². The lowest BCUT2D eigenvalue weighted by Crippen LogP contribution is -2.26. The molecule has 2 unspecified atom stereocenters. The second-order valence-corrected chi connectivity index (χ2v) is 5.96. The molecule has 0 saturated heterocycles. The van der Waals surface area contributed by atoms with E-state index in [9.17, 15) is 4.79 Å². The van der Waals surface area contributed by atoms with Crippen molar-refractivity contribution in [3.8, 4) is 5.75 Å². The number of hydrogen-bond acceptors (Lipinski definition) is 2. The fourth-order valence-electron chi connectivity index (χ4n) is 2.27. The lowest BCUT2D eigenvalue weighted by atomic mass is 9.95. The van der Waals surface area contributed by atoms with E-state index in [0.29, 0.717) is 0 Å². The third-order valence-corrected chi connectivity index (χ3v) is 4.39. The average molecular weight is 300 g/mol. The normalized spacial score (nSPS) is 12.0. The monoisotopic (exact) mass is 300 g/mol. The minimum absolute atomic E-state index is 0.0175. The van der Waals surface area contributed by atoms with Crippen molar-refractivity contribution in [2.45, 2.75) is 33.8 Å². The molecule has 0 aliphatic rings. The van der Waals surface area contributed by atoms with Crippen molar-refractivity contribution in [2.24, 2.45) is 0 Å². The van der Waals surface area contributed by atoms with Crippen LogP contribution in [0, 0.1) is 20.8 Å². The van der Waals surface area contributed by atoms with Crippen LogP contribution in [0.3, 0.4) is 0 Å². The summed E-state index contributed by atoms with van der Waals surface area (Å²) in [4.78, 5) is 12.6. The highest BCUT2D eigenvalue weighted by atomic mass is 31.0. The van der Waals surface area contributed by atoms with Crippen LogP contribution in [0.15, 0.2) is 36.4 Å². The van der Waals surface area contributed by atoms with Gasteiger partial charge in [0, 0.05) is 10.9 Å². The minimum atomic E-state index is -0.507. The Morgan fingerprint density at radius 1 is 1.05 bits per heavy atom. The van der Waals surface area contributed by atoms with E-state index in [1.807, 2.05) is 50.2 Å². The van der Waals surface area contributed by atoms with Gasteiger partial charge in [-0.15, -0.1) is 9.24 Å². The molecule has 2 aromatic rings. The van der Waals surface area contributed by atoms with Crippen LogP contribution in [-0.2, 0) is 0 Å². The number of ketones is 1. The molecule has 0 bridgehead atoms. The number of Topliss-reactive ketones (excluding diaryl/α,β-unsaturated/α-hetero) is 1. The molecule has 0 spiro atoms. The SMILES string of the molecule is Cc1ccc(C(=O)C(C)Oc2ccccc2P)c(C)c1C. The number of ether oxygens (including phenoxy) is 1. The van der Waals surface area contributed by atoms with Gasteiger partial charge in [0.15, 0.2) is 6.10 Å². The number of hydrogen-bond donors (Lipinski definition) is 0. The number of carbonyl (C=O) groups excluding carboxylic acids is 1. The molecule has 0 aromatic heterocycles. The van der Waals surface area contributed by atoms with E-state index < -0.39 is 6.10 Å². The third-order valence-electron chi connectivity index (χ3n) is 3.92. The summed E-state index contributed by atoms with van der Waals surface area (Å²) < 4.78 is 5.82. The van der Waals surface area contributed by atoms with Crippen LogP contribution >= 0.6 is 9.24 Å². The van der Waals surface area contributed by atoms with Crippen LogP contribution in [0.25, 0.3) is 0 Å². The standard InChI is InChI=1S/C18H21O2P/c1-11-9-10-15(13(3)12(11)2)18(19)14(4)20-16-7-5-6-8-17(16)21/h5-10,14H,21H2,1-4H3. The maximum absolute atomic E-state index is 12.6. The Hall–Kier alpha value is -1.66. The lowest BCUT2D eigenvalue weighted by Gasteiger charge is -2.17. The summed E-state index contributed by atoms with van der Waals surface area (Å²) in [6, 6.07) is 11.5. The summed E-state index contributed by atoms with van der Waals surface area (Å²) in [5.41, 5.74) is 4.15. The first-order valence-corrected chi connectivity index (χ1v) is 7.61. The molecule has 0 heterocycles. The molecule has 3 heteroatoms. The van der Waals surface area contributed by atoms with E-state index in [0.717, 1.165) is 22.2 Å². The number of aryl methyl sites for hydroxylation is 1. The Labute approximate surface area is 128 Å². The first kappa shape index (κ1) is 15.7. The first-order chi connectivity index (χ1) is 9.91. The van der Waals surface area contributed by atoms with Crippen molar-refractivity contribution in [1.82, 2.24) is 0 Å². The predicted octanol–water partition coefficient (Wildman–Crippen LogP) is 3.76. The van der Waals surface area contributed by atoms with E-state index >= 15 is 0 Å². The van der Waals surface area contributed by atoms with Gasteiger partial charge in [-0.05, 0) is 50.5 Å². The topological polar surface area (TPSA) is 26.3 Å². The molecule has 0 saturated carbocycles. The molecule has 0 N–H and O–H groups in total. The van der Waals surface area contributed by atoms with Crippen LogP contribution < -0.4 is 10.0 Å². The maximum atomic E-state index is 12.6. The fraction of sp³-hybridized carbons (Fsp3) is 0.278. The Morgan fingerprint density at radius 3 is 2.38 bits per heavy atom. The highest BCUT2D eigenvalue weighted by Crippen LogP contribution is 2.20. The summed E-state index contributed by atoms with van der Waals surface area (Å²) in [6.45, 7) is 7.89. The van der Waals surface area contributed by atoms with Crippen molar-refractivity contribution in [1.29, 1.82) is 0 Å². The number of benzene rings is 2. The van der Waals surface area contributed by atoms with Crippen LogP contribution in [0.2, 0.25) is 0 Å². The second-order valence-electron chi connectivity index (χ2n) is 5.34. The van der Waals surface area contributed by atoms with Gasteiger partial charge in [-0.3, -0.25) is 4.79 Å². The lowest BCUT2D eigenvalue weighted by molar-refractivity contribution is 0.0819. The fourth-order valence-corrected chi connectivity index (χ4v) is 2.55. The van der Waals surface area contributed by atoms with Gasteiger partial charge in [0.2, 0.25) is 5.78 Å². The van der Waals surface area contributed by atoms with E-state index in [4.69, 9.17) is 4.74 Å². The second kappa shape index (κ2) is 6.41. The molecule has 0 amide bonds. The van der Waals surface area contributed by atoms with Crippen LogP contribution in [0.1, 0.15) is 34.0 Å². The molecule has 2 aromatic carbocycles. The van der Waals surface area contributed by atoms with Gasteiger partial charge in [-0.2, -0.15) is 0 Å². The van der Waals surface area contributed by atoms with Crippen molar-refractivity contribution < 1.29 is 9.53 Å². The molecule has 0 radical (unpaired) electrons. The van der Waals surface area contributed by atoms with Crippen molar-refractivity contribution >= 4 is 20.3 Å². The van der Waals surface area contributed by atoms with Gasteiger partial charge < -0.3 is 4.74 Å². The molecule has 110 valence electrons. The summed E-state index contributed by atoms with van der Waals surface area (Å²) in [7, 11) is 2.62. The molecule has 21 heavy (non-hydrogen) atoms. The zero-order chi connectivity index (χ0) is 15.6. The Bertz CT molecular complexity index is 677. The quantitative estimate of drug-likeness (QED) is 0.635. The van der Waals surface area contributed by atoms with E-state index in [-0.39, 0.29) is 5.78 Å². The zero-order valence-corrected chi connectivity index (χ0v) is 14.1. The smallest absolute Gasteiger partial charge is 0.203 e. The Kier molecular flexibility index (Phi) is 4.80. The van der Waals surface area contributed by atoms with Crippen molar-refractivity contribution in [3.05, 3.63) is 58.7 Å². The highest BCUT2D eigenvalue weighted by Gasteiger charge is 2.20. The maximum Gasteiger partial charge on any atom is 0.203 e. The average Bonchev–Trinajstić information content (AvgIpc) is 2.46. The summed E-state index contributed by atoms with van der Waals surface area (Å²) in [5.74, 6) is 0.744. The molecule has 2 nitrogen and oxygen atoms in total. The summed E-state index contributed by atoms with van der Waals surface area (Å²) >= 11 is 0. The summed E-state index contributed by atoms with van der Waals surface area (Å²) in [5, 5.41) is 0.953. The van der Waals surface area contributed by atoms with E-state index in [1.165, 1.54) is 11.1 Å². The van der Waals surface area contributed by atoms with Crippen LogP contribution in [-0.4, -0.2) is 11.9 Å². The van der Waals surface area contributed by atoms with Gasteiger partial charge in [0.05, 0.1) is 0 Å². The minimum Gasteiger partial charge on any atom is -0.482 e. The van der Waals surface area contributed by atoms with Gasteiger partial charge in [-0.25, -0.2) is 0 Å². The molecule has 0 aliphatic carbocycles.